The molecule has 2 fully saturated rings. The number of aliphatic hydroxyl groups is 1. The molecule has 0 amide bonds. The molecule has 0 radical (unpaired) electrons. The van der Waals surface area contributed by atoms with Crippen molar-refractivity contribution < 1.29 is 19.3 Å². The van der Waals surface area contributed by atoms with Gasteiger partial charge in [-0.05, 0) is 43.4 Å². The van der Waals surface area contributed by atoms with E-state index in [1.807, 2.05) is 37.4 Å². The Morgan fingerprint density at radius 3 is 2.72 bits per heavy atom. The SMILES string of the molecule is COc1cc2c(cc1CN1C[C@H]3CC[C@](O)(c4ccc(C)cn4)[C@H]3C1)OCCO2. The van der Waals surface area contributed by atoms with E-state index in [0.717, 1.165) is 66.5 Å². The van der Waals surface area contributed by atoms with Crippen LogP contribution in [0.3, 0.4) is 0 Å². The first-order chi connectivity index (χ1) is 14.1. The van der Waals surface area contributed by atoms with Crippen LogP contribution in [-0.2, 0) is 12.1 Å². The molecule has 2 aliphatic heterocycles. The second-order valence-electron chi connectivity index (χ2n) is 8.55. The number of fused-ring (bicyclic) bond motifs is 2. The van der Waals surface area contributed by atoms with Crippen LogP contribution >= 0.6 is 0 Å². The molecule has 1 aromatic heterocycles. The molecule has 0 bridgehead atoms. The summed E-state index contributed by atoms with van der Waals surface area (Å²) in [5.41, 5.74) is 2.19. The summed E-state index contributed by atoms with van der Waals surface area (Å²) in [6.07, 6.45) is 3.68. The minimum absolute atomic E-state index is 0.209. The molecule has 0 spiro atoms. The zero-order chi connectivity index (χ0) is 20.0. The molecule has 6 heteroatoms. The number of pyridine rings is 1. The van der Waals surface area contributed by atoms with Gasteiger partial charge < -0.3 is 19.3 Å². The first-order valence-corrected chi connectivity index (χ1v) is 10.4. The van der Waals surface area contributed by atoms with Crippen LogP contribution in [0.4, 0.5) is 0 Å². The van der Waals surface area contributed by atoms with Gasteiger partial charge in [0.2, 0.25) is 0 Å². The van der Waals surface area contributed by atoms with Crippen LogP contribution < -0.4 is 14.2 Å². The lowest BCUT2D eigenvalue weighted by molar-refractivity contribution is -0.0108. The summed E-state index contributed by atoms with van der Waals surface area (Å²) in [5.74, 6) is 3.05. The Hall–Kier alpha value is -2.31. The summed E-state index contributed by atoms with van der Waals surface area (Å²) in [7, 11) is 1.69. The first-order valence-electron chi connectivity index (χ1n) is 10.4. The average Bonchev–Trinajstić information content (AvgIpc) is 3.28. The highest BCUT2D eigenvalue weighted by Gasteiger charge is 2.53. The summed E-state index contributed by atoms with van der Waals surface area (Å²) < 4.78 is 17.0. The second kappa shape index (κ2) is 7.18. The number of nitrogens with zero attached hydrogens (tertiary/aromatic N) is 2. The van der Waals surface area contributed by atoms with Crippen molar-refractivity contribution >= 4 is 0 Å². The highest BCUT2D eigenvalue weighted by atomic mass is 16.6. The molecular weight excluding hydrogens is 368 g/mol. The van der Waals surface area contributed by atoms with Gasteiger partial charge in [-0.3, -0.25) is 9.88 Å². The summed E-state index contributed by atoms with van der Waals surface area (Å²) >= 11 is 0. The molecular formula is C23H28N2O4. The van der Waals surface area contributed by atoms with E-state index in [2.05, 4.69) is 9.88 Å². The number of hydrogen-bond acceptors (Lipinski definition) is 6. The maximum absolute atomic E-state index is 11.5. The molecule has 1 saturated heterocycles. The van der Waals surface area contributed by atoms with E-state index in [0.29, 0.717) is 19.1 Å². The van der Waals surface area contributed by atoms with Crippen molar-refractivity contribution in [2.45, 2.75) is 31.9 Å². The van der Waals surface area contributed by atoms with E-state index < -0.39 is 5.60 Å². The Labute approximate surface area is 171 Å². The molecule has 1 aromatic carbocycles. The molecule has 3 atom stereocenters. The number of benzene rings is 1. The minimum Gasteiger partial charge on any atom is -0.496 e. The number of methoxy groups -OCH3 is 1. The number of likely N-dealkylation sites (tertiary alicyclic amines) is 1. The van der Waals surface area contributed by atoms with Crippen molar-refractivity contribution in [3.05, 3.63) is 47.3 Å². The van der Waals surface area contributed by atoms with Gasteiger partial charge in [0.1, 0.15) is 24.6 Å². The van der Waals surface area contributed by atoms with E-state index in [4.69, 9.17) is 14.2 Å². The summed E-state index contributed by atoms with van der Waals surface area (Å²) in [6, 6.07) is 7.99. The summed E-state index contributed by atoms with van der Waals surface area (Å²) in [5, 5.41) is 11.5. The van der Waals surface area contributed by atoms with Gasteiger partial charge in [-0.2, -0.15) is 0 Å². The van der Waals surface area contributed by atoms with Gasteiger partial charge >= 0.3 is 0 Å². The molecule has 3 aliphatic rings. The number of ether oxygens (including phenoxy) is 3. The van der Waals surface area contributed by atoms with Crippen LogP contribution in [0, 0.1) is 18.8 Å². The van der Waals surface area contributed by atoms with Crippen molar-refractivity contribution in [1.29, 1.82) is 0 Å². The lowest BCUT2D eigenvalue weighted by Gasteiger charge is -2.30. The topological polar surface area (TPSA) is 64.1 Å². The fourth-order valence-electron chi connectivity index (χ4n) is 5.22. The highest BCUT2D eigenvalue weighted by molar-refractivity contribution is 5.51. The number of hydrogen-bond donors (Lipinski definition) is 1. The quantitative estimate of drug-likeness (QED) is 0.857. The monoisotopic (exact) mass is 396 g/mol. The predicted octanol–water partition coefficient (Wildman–Crippen LogP) is 2.90. The lowest BCUT2D eigenvalue weighted by atomic mass is 9.85. The molecule has 3 heterocycles. The van der Waals surface area contributed by atoms with Crippen molar-refractivity contribution in [2.24, 2.45) is 11.8 Å². The van der Waals surface area contributed by atoms with Gasteiger partial charge in [0.05, 0.1) is 12.8 Å². The summed E-state index contributed by atoms with van der Waals surface area (Å²) in [6.45, 7) is 5.77. The largest absolute Gasteiger partial charge is 0.496 e. The molecule has 29 heavy (non-hydrogen) atoms. The van der Waals surface area contributed by atoms with Gasteiger partial charge in [-0.15, -0.1) is 0 Å². The van der Waals surface area contributed by atoms with E-state index in [-0.39, 0.29) is 5.92 Å². The van der Waals surface area contributed by atoms with Crippen molar-refractivity contribution in [2.75, 3.05) is 33.4 Å². The Balaban J connectivity index is 1.36. The predicted molar refractivity (Wildman–Crippen MR) is 108 cm³/mol. The van der Waals surface area contributed by atoms with Crippen LogP contribution in [0.15, 0.2) is 30.5 Å². The molecule has 1 saturated carbocycles. The number of rotatable bonds is 4. The second-order valence-corrected chi connectivity index (χ2v) is 8.55. The van der Waals surface area contributed by atoms with Gasteiger partial charge in [-0.25, -0.2) is 0 Å². The number of aromatic nitrogens is 1. The Bertz CT molecular complexity index is 900. The molecule has 6 nitrogen and oxygen atoms in total. The maximum Gasteiger partial charge on any atom is 0.165 e. The third-order valence-electron chi connectivity index (χ3n) is 6.72. The van der Waals surface area contributed by atoms with Gasteiger partial charge in [0.25, 0.3) is 0 Å². The molecule has 1 N–H and O–H groups in total. The van der Waals surface area contributed by atoms with Gasteiger partial charge in [0, 0.05) is 43.4 Å². The Morgan fingerprint density at radius 1 is 1.21 bits per heavy atom. The average molecular weight is 396 g/mol. The van der Waals surface area contributed by atoms with E-state index in [9.17, 15) is 5.11 Å². The maximum atomic E-state index is 11.5. The van der Waals surface area contributed by atoms with Gasteiger partial charge in [-0.1, -0.05) is 6.07 Å². The van der Waals surface area contributed by atoms with E-state index in [1.54, 1.807) is 7.11 Å². The van der Waals surface area contributed by atoms with Crippen LogP contribution in [0.2, 0.25) is 0 Å². The van der Waals surface area contributed by atoms with Crippen molar-refractivity contribution in [1.82, 2.24) is 9.88 Å². The lowest BCUT2D eigenvalue weighted by Crippen LogP contribution is -2.35. The fraction of sp³-hybridized carbons (Fsp3) is 0.522. The van der Waals surface area contributed by atoms with Crippen LogP contribution in [-0.4, -0.2) is 48.4 Å². The zero-order valence-electron chi connectivity index (χ0n) is 17.1. The van der Waals surface area contributed by atoms with Crippen LogP contribution in [0.5, 0.6) is 17.2 Å². The normalized spacial score (nSPS) is 28.4. The van der Waals surface area contributed by atoms with E-state index >= 15 is 0 Å². The van der Waals surface area contributed by atoms with Crippen LogP contribution in [0.25, 0.3) is 0 Å². The minimum atomic E-state index is -0.829. The van der Waals surface area contributed by atoms with Crippen molar-refractivity contribution in [3.8, 4) is 17.2 Å². The van der Waals surface area contributed by atoms with Crippen LogP contribution in [0.1, 0.15) is 29.7 Å². The smallest absolute Gasteiger partial charge is 0.165 e. The fourth-order valence-corrected chi connectivity index (χ4v) is 5.22. The Morgan fingerprint density at radius 2 is 2.00 bits per heavy atom. The van der Waals surface area contributed by atoms with Gasteiger partial charge in [0.15, 0.2) is 11.5 Å². The molecule has 2 aromatic rings. The first kappa shape index (κ1) is 18.7. The molecule has 0 unspecified atom stereocenters. The third kappa shape index (κ3) is 3.24. The molecule has 5 rings (SSSR count). The zero-order valence-corrected chi connectivity index (χ0v) is 17.1. The highest BCUT2D eigenvalue weighted by Crippen LogP contribution is 2.50. The van der Waals surface area contributed by atoms with Crippen molar-refractivity contribution in [3.63, 3.8) is 0 Å². The molecule has 1 aliphatic carbocycles. The van der Waals surface area contributed by atoms with E-state index in [1.165, 1.54) is 0 Å². The summed E-state index contributed by atoms with van der Waals surface area (Å²) in [4.78, 5) is 6.98. The Kier molecular flexibility index (Phi) is 4.63. The standard InChI is InChI=1S/C23H28N2O4/c1-15-3-4-22(24-11-15)23(26)6-5-16-12-25(14-18(16)23)13-17-9-20-21(10-19(17)27-2)29-8-7-28-20/h3-4,9-11,16,18,26H,5-8,12-14H2,1-2H3/t16-,18+,23-/m1/s1. The third-order valence-corrected chi connectivity index (χ3v) is 6.72. The molecule has 154 valence electrons. The number of aryl methyl sites for hydroxylation is 1.